The minimum absolute atomic E-state index is 0.0200. The van der Waals surface area contributed by atoms with E-state index in [2.05, 4.69) is 15.9 Å². The Kier molecular flexibility index (Phi) is 4.35. The molecule has 0 saturated heterocycles. The van der Waals surface area contributed by atoms with Crippen molar-refractivity contribution in [1.29, 1.82) is 0 Å². The van der Waals surface area contributed by atoms with E-state index < -0.39 is 11.8 Å². The van der Waals surface area contributed by atoms with Crippen molar-refractivity contribution in [3.63, 3.8) is 0 Å². The Morgan fingerprint density at radius 2 is 2.20 bits per heavy atom. The summed E-state index contributed by atoms with van der Waals surface area (Å²) in [5, 5.41) is 8.85. The standard InChI is InChI=1S/C13H9BrClFO4/c1-6-2-7(20-12(6)13(17)18)5-19-11-4-10(16)9(15)3-8(11)14/h2-4H,5H2,1H3,(H,17,18). The lowest BCUT2D eigenvalue weighted by Crippen LogP contribution is -1.97. The van der Waals surface area contributed by atoms with Crippen molar-refractivity contribution in [3.05, 3.63) is 50.6 Å². The van der Waals surface area contributed by atoms with Crippen molar-refractivity contribution in [1.82, 2.24) is 0 Å². The Morgan fingerprint density at radius 3 is 2.80 bits per heavy atom. The summed E-state index contributed by atoms with van der Waals surface area (Å²) in [7, 11) is 0. The first-order valence-corrected chi connectivity index (χ1v) is 6.65. The number of rotatable bonds is 4. The van der Waals surface area contributed by atoms with Gasteiger partial charge in [0.15, 0.2) is 0 Å². The number of benzene rings is 1. The zero-order valence-corrected chi connectivity index (χ0v) is 12.6. The normalized spacial score (nSPS) is 10.6. The number of carboxylic acid groups (broad SMARTS) is 1. The fourth-order valence-corrected chi connectivity index (χ4v) is 2.35. The van der Waals surface area contributed by atoms with Crippen LogP contribution in [0, 0.1) is 12.7 Å². The van der Waals surface area contributed by atoms with Crippen LogP contribution in [-0.4, -0.2) is 11.1 Å². The minimum Gasteiger partial charge on any atom is -0.484 e. The summed E-state index contributed by atoms with van der Waals surface area (Å²) in [5.74, 6) is -1.30. The van der Waals surface area contributed by atoms with Gasteiger partial charge in [0, 0.05) is 11.6 Å². The van der Waals surface area contributed by atoms with Gasteiger partial charge in [-0.15, -0.1) is 0 Å². The number of hydrogen-bond donors (Lipinski definition) is 1. The third kappa shape index (κ3) is 3.13. The molecule has 1 heterocycles. The Hall–Kier alpha value is -1.53. The van der Waals surface area contributed by atoms with Crippen molar-refractivity contribution in [2.45, 2.75) is 13.5 Å². The highest BCUT2D eigenvalue weighted by Crippen LogP contribution is 2.31. The average Bonchev–Trinajstić information content (AvgIpc) is 2.74. The molecule has 0 aliphatic heterocycles. The number of ether oxygens (including phenoxy) is 1. The summed E-state index contributed by atoms with van der Waals surface area (Å²) >= 11 is 8.81. The summed E-state index contributed by atoms with van der Waals surface area (Å²) in [6.45, 7) is 1.60. The predicted molar refractivity (Wildman–Crippen MR) is 73.8 cm³/mol. The summed E-state index contributed by atoms with van der Waals surface area (Å²) in [6, 6.07) is 4.08. The van der Waals surface area contributed by atoms with Gasteiger partial charge in [0.1, 0.15) is 23.9 Å². The molecule has 0 atom stereocenters. The second-order valence-electron chi connectivity index (χ2n) is 4.02. The highest BCUT2D eigenvalue weighted by Gasteiger charge is 2.15. The summed E-state index contributed by atoms with van der Waals surface area (Å²) < 4.78 is 24.3. The molecule has 0 aliphatic carbocycles. The van der Waals surface area contributed by atoms with Gasteiger partial charge in [-0.2, -0.15) is 0 Å². The molecule has 20 heavy (non-hydrogen) atoms. The fourth-order valence-electron chi connectivity index (χ4n) is 1.60. The van der Waals surface area contributed by atoms with Gasteiger partial charge in [-0.25, -0.2) is 9.18 Å². The van der Waals surface area contributed by atoms with Gasteiger partial charge in [-0.1, -0.05) is 11.6 Å². The molecule has 0 radical (unpaired) electrons. The number of aromatic carboxylic acids is 1. The van der Waals surface area contributed by atoms with Crippen LogP contribution in [0.25, 0.3) is 0 Å². The van der Waals surface area contributed by atoms with Gasteiger partial charge in [0.05, 0.1) is 9.50 Å². The fraction of sp³-hybridized carbons (Fsp3) is 0.154. The van der Waals surface area contributed by atoms with Gasteiger partial charge in [0.2, 0.25) is 5.76 Å². The molecule has 0 unspecified atom stereocenters. The third-order valence-electron chi connectivity index (χ3n) is 2.51. The molecule has 0 saturated carbocycles. The predicted octanol–water partition coefficient (Wildman–Crippen LogP) is 4.42. The maximum Gasteiger partial charge on any atom is 0.372 e. The number of halogens is 3. The number of furan rings is 1. The van der Waals surface area contributed by atoms with Crippen LogP contribution >= 0.6 is 27.5 Å². The van der Waals surface area contributed by atoms with E-state index in [9.17, 15) is 9.18 Å². The summed E-state index contributed by atoms with van der Waals surface area (Å²) in [5.41, 5.74) is 0.498. The molecule has 0 bridgehead atoms. The van der Waals surface area contributed by atoms with E-state index in [-0.39, 0.29) is 23.1 Å². The van der Waals surface area contributed by atoms with E-state index in [1.54, 1.807) is 13.0 Å². The molecule has 106 valence electrons. The highest BCUT2D eigenvalue weighted by atomic mass is 79.9. The van der Waals surface area contributed by atoms with Crippen LogP contribution in [0.4, 0.5) is 4.39 Å². The van der Waals surface area contributed by atoms with Crippen LogP contribution in [0.1, 0.15) is 21.9 Å². The SMILES string of the molecule is Cc1cc(COc2cc(F)c(Cl)cc2Br)oc1C(=O)O. The van der Waals surface area contributed by atoms with E-state index in [0.29, 0.717) is 15.8 Å². The second-order valence-corrected chi connectivity index (χ2v) is 5.28. The zero-order chi connectivity index (χ0) is 14.9. The lowest BCUT2D eigenvalue weighted by Gasteiger charge is -2.07. The second kappa shape index (κ2) is 5.85. The zero-order valence-electron chi connectivity index (χ0n) is 10.2. The molecule has 0 spiro atoms. The number of carbonyl (C=O) groups is 1. The molecule has 1 N–H and O–H groups in total. The molecule has 1 aromatic carbocycles. The Bertz CT molecular complexity index is 669. The van der Waals surface area contributed by atoms with Gasteiger partial charge in [-0.3, -0.25) is 0 Å². The first kappa shape index (κ1) is 14.9. The first-order valence-electron chi connectivity index (χ1n) is 5.48. The van der Waals surface area contributed by atoms with E-state index in [1.165, 1.54) is 6.07 Å². The maximum absolute atomic E-state index is 13.3. The molecule has 2 aromatic rings. The minimum atomic E-state index is -1.15. The van der Waals surface area contributed by atoms with Gasteiger partial charge in [0.25, 0.3) is 0 Å². The summed E-state index contributed by atoms with van der Waals surface area (Å²) in [6.07, 6.45) is 0. The van der Waals surface area contributed by atoms with Gasteiger partial charge >= 0.3 is 5.97 Å². The Morgan fingerprint density at radius 1 is 1.50 bits per heavy atom. The lowest BCUT2D eigenvalue weighted by atomic mass is 10.2. The smallest absolute Gasteiger partial charge is 0.372 e. The first-order chi connectivity index (χ1) is 9.38. The lowest BCUT2D eigenvalue weighted by molar-refractivity contribution is 0.0657. The van der Waals surface area contributed by atoms with Crippen LogP contribution in [0.2, 0.25) is 5.02 Å². The molecular weight excluding hydrogens is 354 g/mol. The molecule has 1 aromatic heterocycles. The van der Waals surface area contributed by atoms with Crippen molar-refractivity contribution in [2.24, 2.45) is 0 Å². The highest BCUT2D eigenvalue weighted by molar-refractivity contribution is 9.10. The van der Waals surface area contributed by atoms with Crippen molar-refractivity contribution < 1.29 is 23.4 Å². The monoisotopic (exact) mass is 362 g/mol. The molecule has 4 nitrogen and oxygen atoms in total. The Balaban J connectivity index is 2.15. The molecule has 0 aliphatic rings. The quantitative estimate of drug-likeness (QED) is 0.817. The number of aryl methyl sites for hydroxylation is 1. The van der Waals surface area contributed by atoms with Crippen molar-refractivity contribution in [2.75, 3.05) is 0 Å². The van der Waals surface area contributed by atoms with E-state index >= 15 is 0 Å². The summed E-state index contributed by atoms with van der Waals surface area (Å²) in [4.78, 5) is 10.8. The van der Waals surface area contributed by atoms with Crippen LogP contribution < -0.4 is 4.74 Å². The molecule has 7 heteroatoms. The average molecular weight is 364 g/mol. The van der Waals surface area contributed by atoms with E-state index in [4.69, 9.17) is 25.9 Å². The van der Waals surface area contributed by atoms with Gasteiger partial charge in [-0.05, 0) is 35.0 Å². The molecule has 2 rings (SSSR count). The van der Waals surface area contributed by atoms with E-state index in [1.807, 2.05) is 0 Å². The molecular formula is C13H9BrClFO4. The van der Waals surface area contributed by atoms with E-state index in [0.717, 1.165) is 6.07 Å². The van der Waals surface area contributed by atoms with Crippen molar-refractivity contribution >= 4 is 33.5 Å². The number of carboxylic acids is 1. The largest absolute Gasteiger partial charge is 0.484 e. The topological polar surface area (TPSA) is 59.7 Å². The van der Waals surface area contributed by atoms with Crippen LogP contribution in [0.5, 0.6) is 5.75 Å². The van der Waals surface area contributed by atoms with Crippen molar-refractivity contribution in [3.8, 4) is 5.75 Å². The van der Waals surface area contributed by atoms with Crippen LogP contribution in [-0.2, 0) is 6.61 Å². The van der Waals surface area contributed by atoms with Crippen LogP contribution in [0.3, 0.4) is 0 Å². The molecule has 0 amide bonds. The third-order valence-corrected chi connectivity index (χ3v) is 3.42. The van der Waals surface area contributed by atoms with Gasteiger partial charge < -0.3 is 14.3 Å². The Labute approximate surface area is 127 Å². The molecule has 0 fully saturated rings. The number of hydrogen-bond acceptors (Lipinski definition) is 3. The maximum atomic E-state index is 13.3. The van der Waals surface area contributed by atoms with Crippen LogP contribution in [0.15, 0.2) is 27.1 Å².